The molecule has 1 nitrogen and oxygen atoms in total. The maximum absolute atomic E-state index is 13.5. The highest BCUT2D eigenvalue weighted by molar-refractivity contribution is 7.72. The number of rotatable bonds is 6. The molecule has 0 aromatic rings. The summed E-state index contributed by atoms with van der Waals surface area (Å²) in [6, 6.07) is 0. The average molecular weight is 276 g/mol. The van der Waals surface area contributed by atoms with Crippen LogP contribution in [0.15, 0.2) is 11.4 Å². The van der Waals surface area contributed by atoms with Crippen LogP contribution in [0.4, 0.5) is 4.39 Å². The Morgan fingerprint density at radius 2 is 2.06 bits per heavy atom. The Hall–Kier alpha value is -0.0300. The van der Waals surface area contributed by atoms with Crippen molar-refractivity contribution in [1.82, 2.24) is 0 Å². The molecular formula is C13H23FOP2+2. The monoisotopic (exact) mass is 276 g/mol. The highest BCUT2D eigenvalue weighted by Gasteiger charge is 2.30. The highest BCUT2D eigenvalue weighted by Crippen LogP contribution is 2.38. The van der Waals surface area contributed by atoms with Crippen LogP contribution in [0, 0.1) is 5.92 Å². The van der Waals surface area contributed by atoms with Gasteiger partial charge in [-0.1, -0.05) is 6.92 Å². The zero-order chi connectivity index (χ0) is 13.0. The predicted octanol–water partition coefficient (Wildman–Crippen LogP) is 4.42. The molecule has 0 aromatic heterocycles. The summed E-state index contributed by atoms with van der Waals surface area (Å²) in [5.41, 5.74) is 0.785. The van der Waals surface area contributed by atoms with Crippen LogP contribution in [0.2, 0.25) is 0 Å². The molecule has 0 aliphatic heterocycles. The second-order valence-corrected chi connectivity index (χ2v) is 9.46. The fraction of sp³-hybridized carbons (Fsp3) is 0.692. The van der Waals surface area contributed by atoms with E-state index in [1.807, 2.05) is 13.8 Å². The summed E-state index contributed by atoms with van der Waals surface area (Å²) < 4.78 is 19.3. The van der Waals surface area contributed by atoms with Crippen LogP contribution in [0.1, 0.15) is 27.2 Å². The first-order chi connectivity index (χ1) is 7.95. The largest absolute Gasteiger partial charge is 0.332 e. The van der Waals surface area contributed by atoms with Gasteiger partial charge in [0.25, 0.3) is 5.90 Å². The normalized spacial score (nSPS) is 26.4. The fourth-order valence-corrected chi connectivity index (χ4v) is 5.74. The minimum atomic E-state index is -0.341. The standard InChI is InChI=1S/C13H23FOP2/c1-6-16(4)9-17(5)8-15-12-7-10(2)13(14)11(12)3/h10,12H,4-9H2,1-3H3/q+2/t10?,12-/m0/s1. The molecule has 3 unspecified atom stereocenters. The molecule has 0 heterocycles. The van der Waals surface area contributed by atoms with Crippen LogP contribution in [0.3, 0.4) is 0 Å². The number of halogens is 1. The van der Waals surface area contributed by atoms with Crippen molar-refractivity contribution >= 4 is 27.7 Å². The van der Waals surface area contributed by atoms with Gasteiger partial charge < -0.3 is 4.74 Å². The molecule has 1 aliphatic carbocycles. The van der Waals surface area contributed by atoms with Gasteiger partial charge in [-0.3, -0.25) is 0 Å². The Morgan fingerprint density at radius 1 is 1.41 bits per heavy atom. The van der Waals surface area contributed by atoms with E-state index in [2.05, 4.69) is 19.5 Å². The van der Waals surface area contributed by atoms with Crippen LogP contribution in [-0.4, -0.2) is 37.1 Å². The van der Waals surface area contributed by atoms with Gasteiger partial charge in [0.1, 0.15) is 19.5 Å². The molecule has 96 valence electrons. The Balaban J connectivity index is 2.38. The van der Waals surface area contributed by atoms with E-state index in [-0.39, 0.29) is 32.9 Å². The lowest BCUT2D eigenvalue weighted by Crippen LogP contribution is -2.11. The Bertz CT molecular complexity index is 349. The third-order valence-corrected chi connectivity index (χ3v) is 7.77. The molecule has 0 fully saturated rings. The summed E-state index contributed by atoms with van der Waals surface area (Å²) >= 11 is 0. The van der Waals surface area contributed by atoms with Crippen molar-refractivity contribution in [2.75, 3.05) is 18.4 Å². The molecule has 0 radical (unpaired) electrons. The Morgan fingerprint density at radius 3 is 2.53 bits per heavy atom. The van der Waals surface area contributed by atoms with Gasteiger partial charge >= 0.3 is 0 Å². The lowest BCUT2D eigenvalue weighted by Gasteiger charge is -2.10. The van der Waals surface area contributed by atoms with Crippen molar-refractivity contribution in [3.63, 3.8) is 0 Å². The first-order valence-corrected chi connectivity index (χ1v) is 9.83. The molecular weight excluding hydrogens is 253 g/mol. The van der Waals surface area contributed by atoms with Crippen LogP contribution in [-0.2, 0) is 4.74 Å². The van der Waals surface area contributed by atoms with E-state index in [0.717, 1.165) is 24.1 Å². The van der Waals surface area contributed by atoms with Crippen LogP contribution >= 0.6 is 15.1 Å². The summed E-state index contributed by atoms with van der Waals surface area (Å²) in [5, 5.41) is 0. The SMILES string of the molecule is C=[P+](CC)C[P+](=C)CO[C@H]1CC(C)C(F)=C1C. The molecule has 0 spiro atoms. The van der Waals surface area contributed by atoms with Gasteiger partial charge in [-0.25, -0.2) is 4.39 Å². The Kier molecular flexibility index (Phi) is 6.00. The molecule has 0 saturated heterocycles. The van der Waals surface area contributed by atoms with Crippen molar-refractivity contribution in [3.8, 4) is 0 Å². The topological polar surface area (TPSA) is 9.23 Å². The quantitative estimate of drug-likeness (QED) is 0.653. The van der Waals surface area contributed by atoms with Gasteiger partial charge in [0.15, 0.2) is 7.55 Å². The van der Waals surface area contributed by atoms with Crippen molar-refractivity contribution in [3.05, 3.63) is 11.4 Å². The van der Waals surface area contributed by atoms with Crippen molar-refractivity contribution in [2.45, 2.75) is 33.3 Å². The van der Waals surface area contributed by atoms with Gasteiger partial charge in [0.05, 0.1) is 18.7 Å². The summed E-state index contributed by atoms with van der Waals surface area (Å²) in [5.74, 6) is 1.15. The van der Waals surface area contributed by atoms with E-state index in [1.165, 1.54) is 0 Å². The zero-order valence-corrected chi connectivity index (χ0v) is 12.9. The molecule has 0 bridgehead atoms. The number of ether oxygens (including phenoxy) is 1. The van der Waals surface area contributed by atoms with Crippen molar-refractivity contribution < 1.29 is 9.13 Å². The van der Waals surface area contributed by atoms with Gasteiger partial charge in [-0.05, 0) is 25.8 Å². The maximum atomic E-state index is 13.5. The molecule has 1 aliphatic rings. The molecule has 0 N–H and O–H groups in total. The maximum Gasteiger partial charge on any atom is 0.254 e. The predicted molar refractivity (Wildman–Crippen MR) is 80.8 cm³/mol. The molecule has 4 heteroatoms. The minimum absolute atomic E-state index is 0.0191. The fourth-order valence-electron chi connectivity index (χ4n) is 1.96. The van der Waals surface area contributed by atoms with Crippen molar-refractivity contribution in [1.29, 1.82) is 0 Å². The minimum Gasteiger partial charge on any atom is -0.332 e. The van der Waals surface area contributed by atoms with Crippen LogP contribution < -0.4 is 0 Å². The molecule has 0 saturated carbocycles. The van der Waals surface area contributed by atoms with E-state index >= 15 is 0 Å². The van der Waals surface area contributed by atoms with Crippen LogP contribution in [0.25, 0.3) is 0 Å². The third-order valence-electron chi connectivity index (χ3n) is 3.17. The van der Waals surface area contributed by atoms with Gasteiger partial charge in [0.2, 0.25) is 6.35 Å². The summed E-state index contributed by atoms with van der Waals surface area (Å²) in [7, 11) is -0.460. The van der Waals surface area contributed by atoms with E-state index in [9.17, 15) is 4.39 Å². The summed E-state index contributed by atoms with van der Waals surface area (Å²) in [6.45, 7) is 5.93. The summed E-state index contributed by atoms with van der Waals surface area (Å²) in [4.78, 5) is 0. The Labute approximate surface area is 106 Å². The van der Waals surface area contributed by atoms with Gasteiger partial charge in [-0.15, -0.1) is 0 Å². The lowest BCUT2D eigenvalue weighted by molar-refractivity contribution is 0.111. The van der Waals surface area contributed by atoms with Gasteiger partial charge in [-0.2, -0.15) is 0 Å². The van der Waals surface area contributed by atoms with E-state index in [1.54, 1.807) is 0 Å². The second-order valence-electron chi connectivity index (χ2n) is 4.75. The smallest absolute Gasteiger partial charge is 0.254 e. The first-order valence-electron chi connectivity index (χ1n) is 6.04. The average Bonchev–Trinajstić information content (AvgIpc) is 2.54. The van der Waals surface area contributed by atoms with Gasteiger partial charge in [0, 0.05) is 5.92 Å². The zero-order valence-electron chi connectivity index (χ0n) is 11.1. The second kappa shape index (κ2) is 6.78. The number of allylic oxidation sites excluding steroid dienone is 1. The lowest BCUT2D eigenvalue weighted by atomic mass is 10.1. The molecule has 1 rings (SSSR count). The van der Waals surface area contributed by atoms with Crippen molar-refractivity contribution in [2.24, 2.45) is 5.92 Å². The van der Waals surface area contributed by atoms with E-state index in [0.29, 0.717) is 6.35 Å². The van der Waals surface area contributed by atoms with E-state index in [4.69, 9.17) is 4.74 Å². The highest BCUT2D eigenvalue weighted by atomic mass is 31.2. The molecule has 17 heavy (non-hydrogen) atoms. The molecule has 4 atom stereocenters. The third kappa shape index (κ3) is 4.28. The van der Waals surface area contributed by atoms with E-state index < -0.39 is 0 Å². The first kappa shape index (κ1) is 15.0. The number of hydrogen-bond donors (Lipinski definition) is 0. The molecule has 0 amide bonds. The summed E-state index contributed by atoms with van der Waals surface area (Å²) in [6.07, 6.45) is 10.9. The van der Waals surface area contributed by atoms with Crippen LogP contribution in [0.5, 0.6) is 0 Å². The number of hydrogen-bond acceptors (Lipinski definition) is 1. The molecule has 0 aromatic carbocycles.